The van der Waals surface area contributed by atoms with Crippen LogP contribution in [0.2, 0.25) is 0 Å². The first-order valence-electron chi connectivity index (χ1n) is 17.9. The lowest BCUT2D eigenvalue weighted by Crippen LogP contribution is -2.70. The predicted molar refractivity (Wildman–Crippen MR) is 173 cm³/mol. The van der Waals surface area contributed by atoms with Gasteiger partial charge in [-0.1, -0.05) is 74.0 Å². The third kappa shape index (κ3) is 7.93. The van der Waals surface area contributed by atoms with Gasteiger partial charge in [-0.3, -0.25) is 0 Å². The fourth-order valence-electron chi connectivity index (χ4n) is 7.73. The summed E-state index contributed by atoms with van der Waals surface area (Å²) in [5.41, 5.74) is -0.596. The van der Waals surface area contributed by atoms with Gasteiger partial charge in [-0.15, -0.1) is 0 Å². The normalized spacial score (nSPS) is 20.6. The highest BCUT2D eigenvalue weighted by molar-refractivity contribution is 8.05. The molecule has 1 N–H and O–H groups in total. The first-order chi connectivity index (χ1) is 26.5. The molecule has 0 saturated heterocycles. The second-order valence-electron chi connectivity index (χ2n) is 15.0. The molecule has 1 aromatic rings. The van der Waals surface area contributed by atoms with E-state index in [0.29, 0.717) is 69.8 Å². The summed E-state index contributed by atoms with van der Waals surface area (Å²) in [4.78, 5) is -1.59. The molecule has 3 fully saturated rings. The number of sulfonamides is 2. The number of benzene rings is 1. The molecular weight excluding hydrogens is 914 g/mol. The summed E-state index contributed by atoms with van der Waals surface area (Å²) >= 11 is 0. The first-order valence-corrected chi connectivity index (χ1v) is 22.4. The molecule has 7 nitrogen and oxygen atoms in total. The lowest BCUT2D eigenvalue weighted by molar-refractivity contribution is -0.413. The van der Waals surface area contributed by atoms with Crippen LogP contribution in [-0.4, -0.2) is 70.9 Å². The van der Waals surface area contributed by atoms with Gasteiger partial charge >= 0.3 is 45.6 Å². The van der Waals surface area contributed by atoms with E-state index < -0.39 is 107 Å². The van der Waals surface area contributed by atoms with Gasteiger partial charge in [-0.05, 0) is 73.0 Å². The van der Waals surface area contributed by atoms with E-state index in [1.807, 2.05) is 0 Å². The maximum atomic E-state index is 16.1. The van der Waals surface area contributed by atoms with E-state index in [-0.39, 0.29) is 31.6 Å². The number of hydrogen-bond acceptors (Lipinski definition) is 6. The van der Waals surface area contributed by atoms with Crippen molar-refractivity contribution >= 4 is 29.9 Å². The van der Waals surface area contributed by atoms with Crippen LogP contribution in [0.5, 0.6) is 0 Å². The van der Waals surface area contributed by atoms with Crippen molar-refractivity contribution in [2.75, 3.05) is 0 Å². The van der Waals surface area contributed by atoms with Crippen LogP contribution in [0.15, 0.2) is 17.0 Å². The van der Waals surface area contributed by atoms with E-state index >= 15 is 26.3 Å². The lowest BCUT2D eigenvalue weighted by Gasteiger charge is -2.37. The Morgan fingerprint density at radius 2 is 0.729 bits per heavy atom. The Bertz CT molecular complexity index is 2000. The molecule has 0 heterocycles. The van der Waals surface area contributed by atoms with Gasteiger partial charge in [0.15, 0.2) is 0 Å². The summed E-state index contributed by atoms with van der Waals surface area (Å²) in [5.74, 6) is -35.8. The third-order valence-corrected chi connectivity index (χ3v) is 16.6. The highest BCUT2D eigenvalue weighted by Crippen LogP contribution is 2.60. The third-order valence-electron chi connectivity index (χ3n) is 11.1. The van der Waals surface area contributed by atoms with Crippen LogP contribution in [0.25, 0.3) is 0 Å². The van der Waals surface area contributed by atoms with Gasteiger partial charge in [-0.25, -0.2) is 25.3 Å². The van der Waals surface area contributed by atoms with Crippen LogP contribution >= 0.6 is 0 Å². The van der Waals surface area contributed by atoms with E-state index in [2.05, 4.69) is 0 Å². The fraction of sp³-hybridized carbons (Fsp3) is 0.812. The topological polar surface area (TPSA) is 114 Å². The summed E-state index contributed by atoms with van der Waals surface area (Å²) in [6, 6.07) is 2.31. The molecule has 0 amide bonds. The van der Waals surface area contributed by atoms with Crippen LogP contribution in [0.3, 0.4) is 0 Å². The monoisotopic (exact) mass is 949 g/mol. The number of halogens is 17. The highest BCUT2D eigenvalue weighted by atomic mass is 32.3. The van der Waals surface area contributed by atoms with E-state index in [1.54, 1.807) is 0 Å². The van der Waals surface area contributed by atoms with Crippen LogP contribution < -0.4 is 4.13 Å². The van der Waals surface area contributed by atoms with Crippen molar-refractivity contribution in [3.05, 3.63) is 28.8 Å². The SMILES string of the molecule is O=S(=O)(NS(=O)(=O)C(F)(F)C(F)(F)C(F)(F)S(=O)(=O)c1c(C2CCCCC2)cc(C2CCCCC2)cc1C1CCCCC1)C(F)(F)C(F)(F)C(F)(F)C(F)(F)C(F)(F)F. The molecular formula is C32H36F17NO6S3. The number of hydrogen-bond donors (Lipinski definition) is 1. The molecule has 0 radical (unpaired) electrons. The molecule has 0 aromatic heterocycles. The van der Waals surface area contributed by atoms with Gasteiger partial charge in [-0.2, -0.15) is 74.6 Å². The van der Waals surface area contributed by atoms with Gasteiger partial charge in [0, 0.05) is 0 Å². The van der Waals surface area contributed by atoms with Crippen molar-refractivity contribution in [1.82, 2.24) is 4.13 Å². The molecule has 3 aliphatic rings. The van der Waals surface area contributed by atoms with Crippen molar-refractivity contribution in [2.45, 2.75) is 165 Å². The number of nitrogens with one attached hydrogen (secondary N) is 1. The Balaban J connectivity index is 1.88. The fourth-order valence-corrected chi connectivity index (χ4v) is 12.5. The number of rotatable bonds is 14. The van der Waals surface area contributed by atoms with Crippen molar-refractivity contribution in [2.24, 2.45) is 0 Å². The van der Waals surface area contributed by atoms with Gasteiger partial charge in [0.1, 0.15) is 0 Å². The van der Waals surface area contributed by atoms with Crippen LogP contribution in [-0.2, 0) is 29.9 Å². The van der Waals surface area contributed by atoms with Gasteiger partial charge in [0.25, 0.3) is 29.9 Å². The summed E-state index contributed by atoms with van der Waals surface area (Å²) in [6.07, 6.45) is -1.86. The predicted octanol–water partition coefficient (Wildman–Crippen LogP) is 10.7. The second kappa shape index (κ2) is 15.9. The van der Waals surface area contributed by atoms with E-state index in [4.69, 9.17) is 0 Å². The van der Waals surface area contributed by atoms with Gasteiger partial charge in [0.2, 0.25) is 0 Å². The molecule has 3 saturated carbocycles. The molecule has 3 aliphatic carbocycles. The van der Waals surface area contributed by atoms with E-state index in [9.17, 15) is 73.5 Å². The standard InChI is InChI=1S/C32H36F17NO6S3/c33-25(34,26(35,36)29(41,42)43)27(37,38)31(46,47)58(53,54)50-59(55,56)32(48,49)28(39,40)30(44,45)57(51,52)24-22(19-12-6-2-7-13-19)16-21(18-10-4-1-5-11-18)17-23(24)20-14-8-3-9-15-20/h16-20,50H,1-15H2. The molecule has 1 aromatic carbocycles. The Labute approximate surface area is 326 Å². The minimum Gasteiger partial charge on any atom is -0.217 e. The minimum absolute atomic E-state index is 0.0713. The number of alkyl halides is 17. The zero-order chi connectivity index (χ0) is 45.3. The molecule has 0 atom stereocenters. The van der Waals surface area contributed by atoms with E-state index in [0.717, 1.165) is 18.6 Å². The van der Waals surface area contributed by atoms with Crippen LogP contribution in [0, 0.1) is 0 Å². The van der Waals surface area contributed by atoms with Crippen LogP contribution in [0.4, 0.5) is 74.6 Å². The van der Waals surface area contributed by atoms with Crippen molar-refractivity contribution in [1.29, 1.82) is 0 Å². The molecule has 4 rings (SSSR count). The van der Waals surface area contributed by atoms with Gasteiger partial charge < -0.3 is 0 Å². The quantitative estimate of drug-likeness (QED) is 0.186. The Morgan fingerprint density at radius 3 is 1.07 bits per heavy atom. The molecule has 27 heteroatoms. The summed E-state index contributed by atoms with van der Waals surface area (Å²) < 4.78 is 317. The minimum atomic E-state index is -8.91. The average molecular weight is 950 g/mol. The molecule has 0 aliphatic heterocycles. The molecule has 0 unspecified atom stereocenters. The maximum absolute atomic E-state index is 16.1. The smallest absolute Gasteiger partial charge is 0.217 e. The average Bonchev–Trinajstić information content (AvgIpc) is 3.13. The maximum Gasteiger partial charge on any atom is 0.460 e. The molecule has 59 heavy (non-hydrogen) atoms. The highest BCUT2D eigenvalue weighted by Gasteiger charge is 2.90. The Hall–Kier alpha value is -2.16. The summed E-state index contributed by atoms with van der Waals surface area (Å²) in [6.45, 7) is 0. The lowest BCUT2D eigenvalue weighted by atomic mass is 9.76. The van der Waals surface area contributed by atoms with Crippen molar-refractivity contribution in [3.8, 4) is 0 Å². The Morgan fingerprint density at radius 1 is 0.407 bits per heavy atom. The summed E-state index contributed by atoms with van der Waals surface area (Å²) in [5, 5.41) is -23.8. The molecule has 0 bridgehead atoms. The second-order valence-corrected chi connectivity index (χ2v) is 20.6. The zero-order valence-electron chi connectivity index (χ0n) is 30.1. The van der Waals surface area contributed by atoms with E-state index in [1.165, 1.54) is 0 Å². The van der Waals surface area contributed by atoms with Crippen molar-refractivity contribution < 1.29 is 99.9 Å². The van der Waals surface area contributed by atoms with Gasteiger partial charge in [0.05, 0.1) is 4.90 Å². The number of sulfone groups is 1. The molecule has 342 valence electrons. The Kier molecular flexibility index (Phi) is 13.3. The molecule has 0 spiro atoms. The van der Waals surface area contributed by atoms with Crippen LogP contribution in [0.1, 0.15) is 131 Å². The zero-order valence-corrected chi connectivity index (χ0v) is 32.5. The largest absolute Gasteiger partial charge is 0.460 e. The van der Waals surface area contributed by atoms with Crippen molar-refractivity contribution in [3.63, 3.8) is 0 Å². The summed E-state index contributed by atoms with van der Waals surface area (Å²) in [7, 11) is -25.0. The first kappa shape index (κ1) is 49.5.